The Bertz CT molecular complexity index is 341. The molecule has 108 valence electrons. The molecule has 0 saturated heterocycles. The highest BCUT2D eigenvalue weighted by molar-refractivity contribution is 5.87. The zero-order valence-electron chi connectivity index (χ0n) is 12.7. The van der Waals surface area contributed by atoms with E-state index in [1.54, 1.807) is 27.1 Å². The number of Topliss-reactive ketones (excluding diaryl/α,β-unsaturated/α-hetero) is 1. The van der Waals surface area contributed by atoms with E-state index in [1.807, 2.05) is 6.08 Å². The second-order valence-electron chi connectivity index (χ2n) is 5.04. The molecule has 3 heteroatoms. The highest BCUT2D eigenvalue weighted by Crippen LogP contribution is 2.11. The van der Waals surface area contributed by atoms with E-state index in [4.69, 9.17) is 0 Å². The Morgan fingerprint density at radius 1 is 1.05 bits per heavy atom. The minimum atomic E-state index is -0.0257. The monoisotopic (exact) mass is 265 g/mol. The molecule has 0 aromatic rings. The number of unbranched alkanes of at least 4 members (excludes halogenated alkanes) is 3. The lowest BCUT2D eigenvalue weighted by atomic mass is 10.0. The molecule has 0 rings (SSSR count). The first kappa shape index (κ1) is 17.6. The van der Waals surface area contributed by atoms with Gasteiger partial charge < -0.3 is 9.69 Å². The molecule has 0 N–H and O–H groups in total. The van der Waals surface area contributed by atoms with E-state index in [-0.39, 0.29) is 11.7 Å². The van der Waals surface area contributed by atoms with Crippen LogP contribution in [0.3, 0.4) is 0 Å². The van der Waals surface area contributed by atoms with Crippen molar-refractivity contribution >= 4 is 11.7 Å². The van der Waals surface area contributed by atoms with Gasteiger partial charge in [0.05, 0.1) is 0 Å². The number of nitrogens with zero attached hydrogens (tertiary/aromatic N) is 1. The molecular weight excluding hydrogens is 238 g/mol. The second kappa shape index (κ2) is 10.5. The van der Waals surface area contributed by atoms with Crippen molar-refractivity contribution < 1.29 is 9.59 Å². The number of carbonyl (C=O) groups is 2. The number of ketones is 1. The number of hydrogen-bond donors (Lipinski definition) is 0. The van der Waals surface area contributed by atoms with Crippen LogP contribution in [0.1, 0.15) is 52.4 Å². The Hall–Kier alpha value is -1.38. The van der Waals surface area contributed by atoms with Gasteiger partial charge in [0, 0.05) is 26.6 Å². The van der Waals surface area contributed by atoms with Gasteiger partial charge in [-0.1, -0.05) is 37.5 Å². The van der Waals surface area contributed by atoms with Gasteiger partial charge in [-0.3, -0.25) is 4.79 Å². The van der Waals surface area contributed by atoms with Gasteiger partial charge in [0.25, 0.3) is 0 Å². The Kier molecular flexibility index (Phi) is 9.77. The summed E-state index contributed by atoms with van der Waals surface area (Å²) in [5.41, 5.74) is 1.08. The van der Waals surface area contributed by atoms with Crippen LogP contribution < -0.4 is 0 Å². The van der Waals surface area contributed by atoms with Crippen LogP contribution in [0.2, 0.25) is 0 Å². The molecule has 0 saturated carbocycles. The van der Waals surface area contributed by atoms with Crippen LogP contribution in [0.4, 0.5) is 0 Å². The van der Waals surface area contributed by atoms with Crippen LogP contribution in [-0.2, 0) is 9.59 Å². The van der Waals surface area contributed by atoms with Crippen LogP contribution in [0.25, 0.3) is 0 Å². The third-order valence-electron chi connectivity index (χ3n) is 2.86. The van der Waals surface area contributed by atoms with E-state index in [9.17, 15) is 9.59 Å². The van der Waals surface area contributed by atoms with Crippen molar-refractivity contribution in [3.05, 3.63) is 23.8 Å². The molecule has 3 nitrogen and oxygen atoms in total. The van der Waals surface area contributed by atoms with Crippen LogP contribution >= 0.6 is 0 Å². The minimum Gasteiger partial charge on any atom is -0.345 e. The van der Waals surface area contributed by atoms with E-state index in [1.165, 1.54) is 17.7 Å². The van der Waals surface area contributed by atoms with Gasteiger partial charge in [-0.05, 0) is 26.2 Å². The molecule has 19 heavy (non-hydrogen) atoms. The number of allylic oxidation sites excluding steroid dienone is 3. The molecule has 0 spiro atoms. The van der Waals surface area contributed by atoms with Crippen LogP contribution in [-0.4, -0.2) is 30.7 Å². The summed E-state index contributed by atoms with van der Waals surface area (Å²) in [4.78, 5) is 24.1. The van der Waals surface area contributed by atoms with Gasteiger partial charge in [-0.25, -0.2) is 0 Å². The first-order valence-corrected chi connectivity index (χ1v) is 7.05. The van der Waals surface area contributed by atoms with Crippen LogP contribution in [0.15, 0.2) is 23.8 Å². The maximum atomic E-state index is 11.5. The first-order chi connectivity index (χ1) is 8.97. The minimum absolute atomic E-state index is 0.0257. The highest BCUT2D eigenvalue weighted by atomic mass is 16.2. The maximum Gasteiger partial charge on any atom is 0.246 e. The second-order valence-corrected chi connectivity index (χ2v) is 5.04. The predicted octanol–water partition coefficient (Wildman–Crippen LogP) is 3.51. The van der Waals surface area contributed by atoms with Gasteiger partial charge in [0.15, 0.2) is 0 Å². The molecule has 1 amide bonds. The molecule has 0 aliphatic rings. The Balaban J connectivity index is 4.47. The van der Waals surface area contributed by atoms with E-state index in [0.29, 0.717) is 6.42 Å². The maximum absolute atomic E-state index is 11.5. The molecule has 0 bridgehead atoms. The van der Waals surface area contributed by atoms with Gasteiger partial charge >= 0.3 is 0 Å². The normalized spacial score (nSPS) is 11.9. The van der Waals surface area contributed by atoms with Crippen molar-refractivity contribution in [2.75, 3.05) is 14.1 Å². The number of rotatable bonds is 9. The summed E-state index contributed by atoms with van der Waals surface area (Å²) in [5.74, 6) is 0.161. The summed E-state index contributed by atoms with van der Waals surface area (Å²) >= 11 is 0. The summed E-state index contributed by atoms with van der Waals surface area (Å²) < 4.78 is 0. The lowest BCUT2D eigenvalue weighted by Crippen LogP contribution is -2.18. The number of amides is 1. The molecule has 0 atom stereocenters. The van der Waals surface area contributed by atoms with Gasteiger partial charge in [-0.15, -0.1) is 0 Å². The molecular formula is C16H27NO2. The molecule has 0 aromatic heterocycles. The molecule has 0 heterocycles. The first-order valence-electron chi connectivity index (χ1n) is 7.05. The third kappa shape index (κ3) is 10.2. The SMILES string of the molecule is CCCCC/C=C(/C=C/C(=O)N(C)C)CCC(C)=O. The smallest absolute Gasteiger partial charge is 0.246 e. The van der Waals surface area contributed by atoms with E-state index in [0.717, 1.165) is 24.8 Å². The lowest BCUT2D eigenvalue weighted by Gasteiger charge is -2.06. The van der Waals surface area contributed by atoms with Crippen molar-refractivity contribution in [1.82, 2.24) is 4.90 Å². The fourth-order valence-electron chi connectivity index (χ4n) is 1.58. The average Bonchev–Trinajstić information content (AvgIpc) is 2.35. The van der Waals surface area contributed by atoms with Gasteiger partial charge in [-0.2, -0.15) is 0 Å². The quantitative estimate of drug-likeness (QED) is 0.363. The van der Waals surface area contributed by atoms with Gasteiger partial charge in [0.2, 0.25) is 5.91 Å². The number of carbonyl (C=O) groups excluding carboxylic acids is 2. The summed E-state index contributed by atoms with van der Waals surface area (Å²) in [6.45, 7) is 3.78. The fraction of sp³-hybridized carbons (Fsp3) is 0.625. The highest BCUT2D eigenvalue weighted by Gasteiger charge is 2.00. The van der Waals surface area contributed by atoms with Crippen LogP contribution in [0, 0.1) is 0 Å². The lowest BCUT2D eigenvalue weighted by molar-refractivity contribution is -0.123. The number of hydrogen-bond acceptors (Lipinski definition) is 2. The molecule has 0 fully saturated rings. The summed E-state index contributed by atoms with van der Waals surface area (Å²) in [6, 6.07) is 0. The Morgan fingerprint density at radius 3 is 2.26 bits per heavy atom. The summed E-state index contributed by atoms with van der Waals surface area (Å²) in [7, 11) is 3.46. The van der Waals surface area contributed by atoms with Crippen LogP contribution in [0.5, 0.6) is 0 Å². The zero-order chi connectivity index (χ0) is 14.7. The van der Waals surface area contributed by atoms with Gasteiger partial charge in [0.1, 0.15) is 5.78 Å². The molecule has 0 aromatic carbocycles. The summed E-state index contributed by atoms with van der Waals surface area (Å²) in [5, 5.41) is 0. The summed E-state index contributed by atoms with van der Waals surface area (Å²) in [6.07, 6.45) is 11.4. The molecule has 0 aliphatic carbocycles. The molecule has 0 aliphatic heterocycles. The number of likely N-dealkylation sites (N-methyl/N-ethyl adjacent to an activating group) is 1. The van der Waals surface area contributed by atoms with E-state index < -0.39 is 0 Å². The largest absolute Gasteiger partial charge is 0.345 e. The Morgan fingerprint density at radius 2 is 1.74 bits per heavy atom. The van der Waals surface area contributed by atoms with Crippen molar-refractivity contribution in [3.8, 4) is 0 Å². The van der Waals surface area contributed by atoms with Crippen molar-refractivity contribution in [2.45, 2.75) is 52.4 Å². The van der Waals surface area contributed by atoms with Crippen molar-refractivity contribution in [1.29, 1.82) is 0 Å². The standard InChI is InChI=1S/C16H27NO2/c1-5-6-7-8-9-15(11-10-14(2)18)12-13-16(19)17(3)4/h9,12-13H,5-8,10-11H2,1-4H3/b13-12+,15-9+. The van der Waals surface area contributed by atoms with E-state index >= 15 is 0 Å². The topological polar surface area (TPSA) is 37.4 Å². The predicted molar refractivity (Wildman–Crippen MR) is 80.0 cm³/mol. The fourth-order valence-corrected chi connectivity index (χ4v) is 1.58. The third-order valence-corrected chi connectivity index (χ3v) is 2.86. The Labute approximate surface area is 117 Å². The molecule has 0 unspecified atom stereocenters. The zero-order valence-corrected chi connectivity index (χ0v) is 12.7. The molecule has 0 radical (unpaired) electrons. The van der Waals surface area contributed by atoms with Crippen molar-refractivity contribution in [2.24, 2.45) is 0 Å². The van der Waals surface area contributed by atoms with E-state index in [2.05, 4.69) is 13.0 Å². The van der Waals surface area contributed by atoms with Crippen molar-refractivity contribution in [3.63, 3.8) is 0 Å². The average molecular weight is 265 g/mol.